The molecule has 0 saturated carbocycles. The van der Waals surface area contributed by atoms with Crippen LogP contribution in [0.15, 0.2) is 53.0 Å². The first-order valence-electron chi connectivity index (χ1n) is 6.94. The maximum atomic E-state index is 11.9. The molecule has 0 fully saturated rings. The molecule has 0 radical (unpaired) electrons. The van der Waals surface area contributed by atoms with E-state index in [1.807, 2.05) is 24.3 Å². The summed E-state index contributed by atoms with van der Waals surface area (Å²) in [5.41, 5.74) is 1.93. The van der Waals surface area contributed by atoms with Crippen molar-refractivity contribution in [1.29, 1.82) is 0 Å². The highest BCUT2D eigenvalue weighted by atomic mass is 79.9. The van der Waals surface area contributed by atoms with Crippen LogP contribution in [0.5, 0.6) is 5.75 Å². The molecule has 1 N–H and O–H groups in total. The summed E-state index contributed by atoms with van der Waals surface area (Å²) in [6.07, 6.45) is 1.02. The Kier molecular flexibility index (Phi) is 5.81. The van der Waals surface area contributed by atoms with Gasteiger partial charge in [-0.05, 0) is 48.4 Å². The summed E-state index contributed by atoms with van der Waals surface area (Å²) in [5.74, 6) is 0.734. The van der Waals surface area contributed by atoms with Crippen LogP contribution >= 0.6 is 15.9 Å². The van der Waals surface area contributed by atoms with E-state index in [4.69, 9.17) is 4.74 Å². The molecular weight excluding hydrogens is 330 g/mol. The predicted octanol–water partition coefficient (Wildman–Crippen LogP) is 3.82. The molecule has 0 aromatic heterocycles. The first-order valence-corrected chi connectivity index (χ1v) is 7.74. The largest absolute Gasteiger partial charge is 0.492 e. The minimum atomic E-state index is -0.0903. The molecule has 0 spiro atoms. The van der Waals surface area contributed by atoms with Crippen molar-refractivity contribution >= 4 is 21.8 Å². The van der Waals surface area contributed by atoms with Crippen molar-refractivity contribution < 1.29 is 9.53 Å². The lowest BCUT2D eigenvalue weighted by Crippen LogP contribution is -2.28. The Balaban J connectivity index is 1.73. The van der Waals surface area contributed by atoms with Gasteiger partial charge in [0.2, 0.25) is 0 Å². The average Bonchev–Trinajstić information content (AvgIpc) is 2.52. The maximum Gasteiger partial charge on any atom is 0.251 e. The second kappa shape index (κ2) is 7.84. The van der Waals surface area contributed by atoms with E-state index in [1.165, 1.54) is 5.56 Å². The number of rotatable bonds is 6. The smallest absolute Gasteiger partial charge is 0.251 e. The molecule has 0 aliphatic rings. The average molecular weight is 348 g/mol. The molecule has 0 aliphatic carbocycles. The molecular formula is C17H18BrNO2. The Morgan fingerprint density at radius 2 is 1.76 bits per heavy atom. The van der Waals surface area contributed by atoms with Gasteiger partial charge in [0.05, 0.1) is 6.54 Å². The van der Waals surface area contributed by atoms with Crippen LogP contribution in [0.1, 0.15) is 22.8 Å². The molecule has 1 amide bonds. The normalized spacial score (nSPS) is 10.2. The van der Waals surface area contributed by atoms with Crippen molar-refractivity contribution in [3.05, 3.63) is 64.1 Å². The topological polar surface area (TPSA) is 38.3 Å². The molecule has 2 aromatic carbocycles. The van der Waals surface area contributed by atoms with Gasteiger partial charge in [-0.15, -0.1) is 0 Å². The molecule has 0 atom stereocenters. The first kappa shape index (κ1) is 15.6. The number of nitrogens with one attached hydrogen (secondary N) is 1. The van der Waals surface area contributed by atoms with E-state index in [0.717, 1.165) is 16.6 Å². The number of carbonyl (C=O) groups is 1. The lowest BCUT2D eigenvalue weighted by atomic mass is 10.2. The summed E-state index contributed by atoms with van der Waals surface area (Å²) < 4.78 is 6.55. The summed E-state index contributed by atoms with van der Waals surface area (Å²) in [6.45, 7) is 3.05. The van der Waals surface area contributed by atoms with Crippen LogP contribution in [0.2, 0.25) is 0 Å². The van der Waals surface area contributed by atoms with Gasteiger partial charge >= 0.3 is 0 Å². The number of halogens is 1. The minimum Gasteiger partial charge on any atom is -0.492 e. The Hall–Kier alpha value is -1.81. The number of amides is 1. The summed E-state index contributed by atoms with van der Waals surface area (Å²) in [5, 5.41) is 2.83. The Labute approximate surface area is 133 Å². The lowest BCUT2D eigenvalue weighted by Gasteiger charge is -2.08. The van der Waals surface area contributed by atoms with Crippen LogP contribution in [0.4, 0.5) is 0 Å². The number of hydrogen-bond donors (Lipinski definition) is 1. The quantitative estimate of drug-likeness (QED) is 0.806. The minimum absolute atomic E-state index is 0.0903. The van der Waals surface area contributed by atoms with Crippen molar-refractivity contribution in [2.24, 2.45) is 0 Å². The SMILES string of the molecule is CCc1ccc(OCCNC(=O)c2ccc(Br)cc2)cc1. The molecule has 21 heavy (non-hydrogen) atoms. The van der Waals surface area contributed by atoms with Crippen LogP contribution in [0, 0.1) is 0 Å². The van der Waals surface area contributed by atoms with Gasteiger partial charge in [0.15, 0.2) is 0 Å². The van der Waals surface area contributed by atoms with E-state index in [-0.39, 0.29) is 5.91 Å². The third-order valence-corrected chi connectivity index (χ3v) is 3.62. The van der Waals surface area contributed by atoms with Crippen LogP contribution in [0.3, 0.4) is 0 Å². The molecule has 0 aliphatic heterocycles. The second-order valence-electron chi connectivity index (χ2n) is 4.61. The second-order valence-corrected chi connectivity index (χ2v) is 5.52. The van der Waals surface area contributed by atoms with Gasteiger partial charge in [-0.3, -0.25) is 4.79 Å². The van der Waals surface area contributed by atoms with Crippen molar-refractivity contribution in [2.45, 2.75) is 13.3 Å². The van der Waals surface area contributed by atoms with Crippen molar-refractivity contribution in [3.63, 3.8) is 0 Å². The highest BCUT2D eigenvalue weighted by molar-refractivity contribution is 9.10. The molecule has 4 heteroatoms. The third kappa shape index (κ3) is 4.90. The molecule has 0 bridgehead atoms. The summed E-state index contributed by atoms with van der Waals surface area (Å²) >= 11 is 3.34. The fourth-order valence-electron chi connectivity index (χ4n) is 1.86. The van der Waals surface area contributed by atoms with Gasteiger partial charge in [-0.2, -0.15) is 0 Å². The molecule has 2 rings (SSSR count). The predicted molar refractivity (Wildman–Crippen MR) is 87.8 cm³/mol. The molecule has 110 valence electrons. The monoisotopic (exact) mass is 347 g/mol. The zero-order chi connectivity index (χ0) is 15.1. The number of benzene rings is 2. The molecule has 0 heterocycles. The van der Waals surface area contributed by atoms with Gasteiger partial charge in [0, 0.05) is 10.0 Å². The van der Waals surface area contributed by atoms with Crippen molar-refractivity contribution in [2.75, 3.05) is 13.2 Å². The van der Waals surface area contributed by atoms with Gasteiger partial charge in [-0.25, -0.2) is 0 Å². The number of aryl methyl sites for hydroxylation is 1. The Morgan fingerprint density at radius 3 is 2.38 bits per heavy atom. The van der Waals surface area contributed by atoms with Gasteiger partial charge in [0.25, 0.3) is 5.91 Å². The van der Waals surface area contributed by atoms with Gasteiger partial charge < -0.3 is 10.1 Å². The Morgan fingerprint density at radius 1 is 1.10 bits per heavy atom. The summed E-state index contributed by atoms with van der Waals surface area (Å²) in [4.78, 5) is 11.9. The lowest BCUT2D eigenvalue weighted by molar-refractivity contribution is 0.0947. The highest BCUT2D eigenvalue weighted by Gasteiger charge is 2.04. The van der Waals surface area contributed by atoms with Crippen molar-refractivity contribution in [1.82, 2.24) is 5.32 Å². The maximum absolute atomic E-state index is 11.9. The number of ether oxygens (including phenoxy) is 1. The van der Waals surface area contributed by atoms with Crippen LogP contribution < -0.4 is 10.1 Å². The fourth-order valence-corrected chi connectivity index (χ4v) is 2.12. The van der Waals surface area contributed by atoms with E-state index >= 15 is 0 Å². The van der Waals surface area contributed by atoms with E-state index in [2.05, 4.69) is 40.3 Å². The van der Waals surface area contributed by atoms with Gasteiger partial charge in [0.1, 0.15) is 12.4 Å². The standard InChI is InChI=1S/C17H18BrNO2/c1-2-13-3-9-16(10-4-13)21-12-11-19-17(20)14-5-7-15(18)8-6-14/h3-10H,2,11-12H2,1H3,(H,19,20). The molecule has 3 nitrogen and oxygen atoms in total. The van der Waals surface area contributed by atoms with E-state index < -0.39 is 0 Å². The summed E-state index contributed by atoms with van der Waals surface area (Å²) in [6, 6.07) is 15.3. The van der Waals surface area contributed by atoms with Crippen LogP contribution in [-0.4, -0.2) is 19.1 Å². The van der Waals surface area contributed by atoms with Crippen molar-refractivity contribution in [3.8, 4) is 5.75 Å². The van der Waals surface area contributed by atoms with Gasteiger partial charge in [-0.1, -0.05) is 35.0 Å². The zero-order valence-electron chi connectivity index (χ0n) is 11.9. The Bertz CT molecular complexity index is 579. The molecule has 0 unspecified atom stereocenters. The first-order chi connectivity index (χ1) is 10.2. The third-order valence-electron chi connectivity index (χ3n) is 3.09. The zero-order valence-corrected chi connectivity index (χ0v) is 13.5. The number of hydrogen-bond acceptors (Lipinski definition) is 2. The highest BCUT2D eigenvalue weighted by Crippen LogP contribution is 2.12. The van der Waals surface area contributed by atoms with E-state index in [1.54, 1.807) is 12.1 Å². The number of carbonyl (C=O) groups excluding carboxylic acids is 1. The summed E-state index contributed by atoms with van der Waals surface area (Å²) in [7, 11) is 0. The molecule has 2 aromatic rings. The molecule has 0 saturated heterocycles. The van der Waals surface area contributed by atoms with Crippen LogP contribution in [-0.2, 0) is 6.42 Å². The van der Waals surface area contributed by atoms with E-state index in [9.17, 15) is 4.79 Å². The fraction of sp³-hybridized carbons (Fsp3) is 0.235. The van der Waals surface area contributed by atoms with E-state index in [0.29, 0.717) is 18.7 Å². The van der Waals surface area contributed by atoms with Crippen LogP contribution in [0.25, 0.3) is 0 Å².